The third kappa shape index (κ3) is 5.45. The van der Waals surface area contributed by atoms with E-state index in [1.807, 2.05) is 0 Å². The molecule has 0 aliphatic carbocycles. The highest BCUT2D eigenvalue weighted by Gasteiger charge is 2.29. The minimum absolute atomic E-state index is 0.0108. The van der Waals surface area contributed by atoms with Gasteiger partial charge < -0.3 is 10.1 Å². The van der Waals surface area contributed by atoms with E-state index in [2.05, 4.69) is 10.1 Å². The maximum Gasteiger partial charge on any atom is 0.387 e. The molecule has 9 heteroatoms. The molecule has 2 aromatic rings. The molecule has 0 saturated carbocycles. The summed E-state index contributed by atoms with van der Waals surface area (Å²) in [6.45, 7) is -2.92. The molecular formula is C19H19F2NO4S2. The summed E-state index contributed by atoms with van der Waals surface area (Å²) < 4.78 is 52.8. The monoisotopic (exact) mass is 427 g/mol. The Morgan fingerprint density at radius 3 is 2.61 bits per heavy atom. The van der Waals surface area contributed by atoms with Crippen LogP contribution in [0.25, 0.3) is 0 Å². The van der Waals surface area contributed by atoms with Gasteiger partial charge in [-0.1, -0.05) is 30.3 Å². The second-order valence-corrected chi connectivity index (χ2v) is 9.88. The van der Waals surface area contributed by atoms with Gasteiger partial charge in [0.2, 0.25) is 0 Å². The average Bonchev–Trinajstić information content (AvgIpc) is 2.99. The van der Waals surface area contributed by atoms with Crippen LogP contribution in [0, 0.1) is 0 Å². The van der Waals surface area contributed by atoms with E-state index < -0.39 is 16.4 Å². The fourth-order valence-corrected chi connectivity index (χ4v) is 6.55. The Labute approximate surface area is 166 Å². The van der Waals surface area contributed by atoms with Crippen molar-refractivity contribution in [2.45, 2.75) is 29.7 Å². The Kier molecular flexibility index (Phi) is 6.56. The summed E-state index contributed by atoms with van der Waals surface area (Å²) in [6, 6.07) is 13.2. The molecule has 1 heterocycles. The molecular weight excluding hydrogens is 408 g/mol. The van der Waals surface area contributed by atoms with Crippen LogP contribution in [0.3, 0.4) is 0 Å². The van der Waals surface area contributed by atoms with Gasteiger partial charge in [0.1, 0.15) is 5.75 Å². The third-order valence-electron chi connectivity index (χ3n) is 4.24. The molecule has 0 spiro atoms. The van der Waals surface area contributed by atoms with Crippen LogP contribution in [0.2, 0.25) is 0 Å². The summed E-state index contributed by atoms with van der Waals surface area (Å²) in [5.74, 6) is -0.0845. The van der Waals surface area contributed by atoms with Crippen molar-refractivity contribution in [2.75, 3.05) is 11.5 Å². The first kappa shape index (κ1) is 20.6. The first-order valence-corrected chi connectivity index (χ1v) is 11.3. The lowest BCUT2D eigenvalue weighted by atomic mass is 10.1. The van der Waals surface area contributed by atoms with Gasteiger partial charge in [-0.25, -0.2) is 8.42 Å². The number of nitrogens with one attached hydrogen (secondary N) is 1. The number of ether oxygens (including phenoxy) is 1. The fraction of sp³-hybridized carbons (Fsp3) is 0.316. The number of carbonyl (C=O) groups is 1. The number of hydrogen-bond acceptors (Lipinski definition) is 5. The van der Waals surface area contributed by atoms with E-state index in [4.69, 9.17) is 0 Å². The van der Waals surface area contributed by atoms with Gasteiger partial charge in [0.25, 0.3) is 5.91 Å². The summed E-state index contributed by atoms with van der Waals surface area (Å²) in [4.78, 5) is 13.3. The van der Waals surface area contributed by atoms with Crippen molar-refractivity contribution < 1.29 is 26.7 Å². The van der Waals surface area contributed by atoms with Crippen LogP contribution in [-0.4, -0.2) is 37.7 Å². The number of hydrogen-bond donors (Lipinski definition) is 1. The SMILES string of the molecule is O=C(NCc1ccccc1OC(F)F)c1ccccc1SC1CCS(=O)(=O)C1. The number of amides is 1. The van der Waals surface area contributed by atoms with Gasteiger partial charge in [0.15, 0.2) is 9.84 Å². The van der Waals surface area contributed by atoms with Gasteiger partial charge >= 0.3 is 6.61 Å². The van der Waals surface area contributed by atoms with Crippen molar-refractivity contribution in [2.24, 2.45) is 0 Å². The van der Waals surface area contributed by atoms with Crippen LogP contribution in [0.15, 0.2) is 53.4 Å². The van der Waals surface area contributed by atoms with E-state index in [-0.39, 0.29) is 35.0 Å². The number of para-hydroxylation sites is 1. The van der Waals surface area contributed by atoms with E-state index in [1.165, 1.54) is 17.8 Å². The molecule has 28 heavy (non-hydrogen) atoms. The number of rotatable bonds is 7. The van der Waals surface area contributed by atoms with E-state index in [1.54, 1.807) is 42.5 Å². The predicted molar refractivity (Wildman–Crippen MR) is 104 cm³/mol. The summed E-state index contributed by atoms with van der Waals surface area (Å²) in [5.41, 5.74) is 0.854. The quantitative estimate of drug-likeness (QED) is 0.732. The molecule has 1 N–H and O–H groups in total. The molecule has 0 bridgehead atoms. The van der Waals surface area contributed by atoms with Crippen molar-refractivity contribution in [3.8, 4) is 5.75 Å². The lowest BCUT2D eigenvalue weighted by molar-refractivity contribution is -0.0504. The molecule has 1 amide bonds. The van der Waals surface area contributed by atoms with Crippen LogP contribution in [0.5, 0.6) is 5.75 Å². The molecule has 0 aromatic heterocycles. The molecule has 1 aliphatic heterocycles. The summed E-state index contributed by atoms with van der Waals surface area (Å²) in [6.07, 6.45) is 0.557. The minimum Gasteiger partial charge on any atom is -0.434 e. The van der Waals surface area contributed by atoms with Crippen LogP contribution < -0.4 is 10.1 Å². The Bertz CT molecular complexity index is 950. The lowest BCUT2D eigenvalue weighted by Crippen LogP contribution is -2.24. The molecule has 3 rings (SSSR count). The second kappa shape index (κ2) is 8.91. The van der Waals surface area contributed by atoms with Gasteiger partial charge in [0, 0.05) is 22.3 Å². The molecule has 1 saturated heterocycles. The first-order chi connectivity index (χ1) is 13.3. The van der Waals surface area contributed by atoms with Crippen molar-refractivity contribution in [1.29, 1.82) is 0 Å². The largest absolute Gasteiger partial charge is 0.434 e. The van der Waals surface area contributed by atoms with Crippen molar-refractivity contribution in [3.63, 3.8) is 0 Å². The van der Waals surface area contributed by atoms with Crippen molar-refractivity contribution >= 4 is 27.5 Å². The highest BCUT2D eigenvalue weighted by atomic mass is 32.2. The molecule has 1 unspecified atom stereocenters. The topological polar surface area (TPSA) is 72.5 Å². The van der Waals surface area contributed by atoms with Gasteiger partial charge in [-0.2, -0.15) is 8.78 Å². The highest BCUT2D eigenvalue weighted by Crippen LogP contribution is 2.33. The second-order valence-electron chi connectivity index (χ2n) is 6.31. The first-order valence-electron chi connectivity index (χ1n) is 8.61. The lowest BCUT2D eigenvalue weighted by Gasteiger charge is -2.14. The Morgan fingerprint density at radius 2 is 1.89 bits per heavy atom. The zero-order valence-electron chi connectivity index (χ0n) is 14.8. The number of carbonyl (C=O) groups excluding carboxylic acids is 1. The number of sulfone groups is 1. The zero-order chi connectivity index (χ0) is 20.1. The number of halogens is 2. The zero-order valence-corrected chi connectivity index (χ0v) is 16.4. The van der Waals surface area contributed by atoms with E-state index in [0.29, 0.717) is 22.4 Å². The van der Waals surface area contributed by atoms with E-state index in [0.717, 1.165) is 0 Å². The molecule has 1 atom stereocenters. The minimum atomic E-state index is -3.01. The third-order valence-corrected chi connectivity index (χ3v) is 7.57. The summed E-state index contributed by atoms with van der Waals surface area (Å²) >= 11 is 1.38. The number of alkyl halides is 2. The molecule has 5 nitrogen and oxygen atoms in total. The van der Waals surface area contributed by atoms with Crippen LogP contribution >= 0.6 is 11.8 Å². The number of thioether (sulfide) groups is 1. The molecule has 2 aromatic carbocycles. The standard InChI is InChI=1S/C19H19F2NO4S2/c20-19(21)26-16-7-3-1-5-13(16)11-22-18(23)15-6-2-4-8-17(15)27-14-9-10-28(24,25)12-14/h1-8,14,19H,9-12H2,(H,22,23). The molecule has 0 radical (unpaired) electrons. The van der Waals surface area contributed by atoms with Crippen LogP contribution in [0.4, 0.5) is 8.78 Å². The van der Waals surface area contributed by atoms with Crippen molar-refractivity contribution in [3.05, 3.63) is 59.7 Å². The van der Waals surface area contributed by atoms with Gasteiger partial charge in [-0.15, -0.1) is 11.8 Å². The highest BCUT2D eigenvalue weighted by molar-refractivity contribution is 8.02. The van der Waals surface area contributed by atoms with Crippen LogP contribution in [0.1, 0.15) is 22.3 Å². The Hall–Kier alpha value is -2.13. The Morgan fingerprint density at radius 1 is 1.18 bits per heavy atom. The Balaban J connectivity index is 1.69. The predicted octanol–water partition coefficient (Wildman–Crippen LogP) is 3.50. The summed E-state index contributed by atoms with van der Waals surface area (Å²) in [7, 11) is -3.01. The smallest absolute Gasteiger partial charge is 0.387 e. The van der Waals surface area contributed by atoms with Gasteiger partial charge in [0.05, 0.1) is 17.1 Å². The molecule has 1 aliphatic rings. The van der Waals surface area contributed by atoms with Gasteiger partial charge in [-0.05, 0) is 24.6 Å². The normalized spacial score (nSPS) is 18.2. The van der Waals surface area contributed by atoms with Gasteiger partial charge in [-0.3, -0.25) is 4.79 Å². The van der Waals surface area contributed by atoms with E-state index >= 15 is 0 Å². The molecule has 1 fully saturated rings. The van der Waals surface area contributed by atoms with Crippen LogP contribution in [-0.2, 0) is 16.4 Å². The molecule has 150 valence electrons. The summed E-state index contributed by atoms with van der Waals surface area (Å²) in [5, 5.41) is 2.63. The maximum atomic E-state index is 12.6. The maximum absolute atomic E-state index is 12.6. The average molecular weight is 427 g/mol. The fourth-order valence-electron chi connectivity index (χ4n) is 2.92. The van der Waals surface area contributed by atoms with Crippen molar-refractivity contribution in [1.82, 2.24) is 5.32 Å². The van der Waals surface area contributed by atoms with E-state index in [9.17, 15) is 22.0 Å². The number of benzene rings is 2.